The number of benzene rings is 2. The molecule has 0 spiro atoms. The first kappa shape index (κ1) is 20.2. The molecule has 1 saturated heterocycles. The highest BCUT2D eigenvalue weighted by Gasteiger charge is 2.17. The van der Waals surface area contributed by atoms with Gasteiger partial charge in [0, 0.05) is 42.5 Å². The molecule has 1 aromatic heterocycles. The van der Waals surface area contributed by atoms with Crippen LogP contribution in [-0.4, -0.2) is 36.0 Å². The SMILES string of the molecule is Cn1c(C(=O)NCc2ccc(N3CCNC(=O)C3)cc2)ccc1-c1cccc(Br)c1. The van der Waals surface area contributed by atoms with Crippen LogP contribution in [0.2, 0.25) is 0 Å². The van der Waals surface area contributed by atoms with Crippen LogP contribution in [0.4, 0.5) is 5.69 Å². The van der Waals surface area contributed by atoms with E-state index in [4.69, 9.17) is 0 Å². The highest BCUT2D eigenvalue weighted by molar-refractivity contribution is 9.10. The number of hydrogen-bond donors (Lipinski definition) is 2. The number of carbonyl (C=O) groups excluding carboxylic acids is 2. The largest absolute Gasteiger partial charge is 0.360 e. The lowest BCUT2D eigenvalue weighted by molar-refractivity contribution is -0.120. The van der Waals surface area contributed by atoms with Crippen molar-refractivity contribution in [2.45, 2.75) is 6.54 Å². The lowest BCUT2D eigenvalue weighted by atomic mass is 10.1. The van der Waals surface area contributed by atoms with Gasteiger partial charge in [0.05, 0.1) is 6.54 Å². The summed E-state index contributed by atoms with van der Waals surface area (Å²) in [7, 11) is 1.90. The second-order valence-corrected chi connectivity index (χ2v) is 8.21. The maximum Gasteiger partial charge on any atom is 0.268 e. The molecule has 1 fully saturated rings. The van der Waals surface area contributed by atoms with Gasteiger partial charge in [-0.25, -0.2) is 0 Å². The minimum atomic E-state index is -0.115. The molecule has 1 aliphatic heterocycles. The van der Waals surface area contributed by atoms with Crippen molar-refractivity contribution >= 4 is 33.4 Å². The van der Waals surface area contributed by atoms with Gasteiger partial charge in [0.15, 0.2) is 0 Å². The molecule has 2 aromatic carbocycles. The molecule has 4 rings (SSSR count). The smallest absolute Gasteiger partial charge is 0.268 e. The molecule has 7 heteroatoms. The van der Waals surface area contributed by atoms with Crippen molar-refractivity contribution in [3.8, 4) is 11.3 Å². The molecule has 154 valence electrons. The van der Waals surface area contributed by atoms with Gasteiger partial charge < -0.3 is 20.1 Å². The van der Waals surface area contributed by atoms with E-state index in [9.17, 15) is 9.59 Å². The molecule has 0 radical (unpaired) electrons. The second kappa shape index (κ2) is 8.75. The van der Waals surface area contributed by atoms with Gasteiger partial charge in [-0.3, -0.25) is 9.59 Å². The van der Waals surface area contributed by atoms with Gasteiger partial charge in [-0.15, -0.1) is 0 Å². The van der Waals surface area contributed by atoms with E-state index in [1.807, 2.05) is 72.3 Å². The Morgan fingerprint density at radius 2 is 1.93 bits per heavy atom. The summed E-state index contributed by atoms with van der Waals surface area (Å²) in [6.45, 7) is 2.28. The van der Waals surface area contributed by atoms with Gasteiger partial charge in [0.2, 0.25) is 5.91 Å². The Hall–Kier alpha value is -3.06. The molecular weight excluding hydrogens is 444 g/mol. The number of amides is 2. The van der Waals surface area contributed by atoms with Crippen LogP contribution in [0, 0.1) is 0 Å². The van der Waals surface area contributed by atoms with Gasteiger partial charge >= 0.3 is 0 Å². The average Bonchev–Trinajstić information content (AvgIpc) is 3.14. The van der Waals surface area contributed by atoms with Gasteiger partial charge in [-0.1, -0.05) is 40.2 Å². The molecule has 2 N–H and O–H groups in total. The Balaban J connectivity index is 1.40. The van der Waals surface area contributed by atoms with Crippen LogP contribution in [0.3, 0.4) is 0 Å². The number of aromatic nitrogens is 1. The predicted octanol–water partition coefficient (Wildman–Crippen LogP) is 3.32. The van der Waals surface area contributed by atoms with Gasteiger partial charge in [0.25, 0.3) is 5.91 Å². The molecule has 0 atom stereocenters. The number of piperazine rings is 1. The Morgan fingerprint density at radius 1 is 1.13 bits per heavy atom. The first-order chi connectivity index (χ1) is 14.5. The maximum absolute atomic E-state index is 12.7. The number of nitrogens with one attached hydrogen (secondary N) is 2. The van der Waals surface area contributed by atoms with Gasteiger partial charge in [-0.05, 0) is 47.5 Å². The average molecular weight is 467 g/mol. The number of anilines is 1. The topological polar surface area (TPSA) is 66.4 Å². The second-order valence-electron chi connectivity index (χ2n) is 7.29. The Bertz CT molecular complexity index is 1080. The zero-order valence-corrected chi connectivity index (χ0v) is 18.3. The fourth-order valence-electron chi connectivity index (χ4n) is 3.63. The van der Waals surface area contributed by atoms with E-state index in [0.717, 1.165) is 33.5 Å². The Morgan fingerprint density at radius 3 is 2.67 bits per heavy atom. The fraction of sp³-hybridized carbons (Fsp3) is 0.217. The van der Waals surface area contributed by atoms with Crippen LogP contribution in [0.5, 0.6) is 0 Å². The van der Waals surface area contributed by atoms with Crippen molar-refractivity contribution in [2.75, 3.05) is 24.5 Å². The van der Waals surface area contributed by atoms with Crippen LogP contribution in [-0.2, 0) is 18.4 Å². The molecular formula is C23H23BrN4O2. The molecule has 0 saturated carbocycles. The molecule has 0 bridgehead atoms. The lowest BCUT2D eigenvalue weighted by Crippen LogP contribution is -2.47. The van der Waals surface area contributed by atoms with E-state index in [1.54, 1.807) is 0 Å². The lowest BCUT2D eigenvalue weighted by Gasteiger charge is -2.28. The third-order valence-electron chi connectivity index (χ3n) is 5.27. The number of nitrogens with zero attached hydrogens (tertiary/aromatic N) is 2. The van der Waals surface area contributed by atoms with Crippen LogP contribution < -0.4 is 15.5 Å². The molecule has 2 amide bonds. The Labute approximate surface area is 184 Å². The molecule has 0 aliphatic carbocycles. The summed E-state index contributed by atoms with van der Waals surface area (Å²) in [5.74, 6) is -0.0714. The van der Waals surface area contributed by atoms with Crippen molar-refractivity contribution in [1.29, 1.82) is 0 Å². The van der Waals surface area contributed by atoms with Crippen molar-refractivity contribution in [3.05, 3.63) is 76.4 Å². The summed E-state index contributed by atoms with van der Waals surface area (Å²) in [5.41, 5.74) is 4.67. The van der Waals surface area contributed by atoms with E-state index >= 15 is 0 Å². The molecule has 0 unspecified atom stereocenters. The monoisotopic (exact) mass is 466 g/mol. The highest BCUT2D eigenvalue weighted by Crippen LogP contribution is 2.24. The maximum atomic E-state index is 12.7. The highest BCUT2D eigenvalue weighted by atomic mass is 79.9. The molecule has 6 nitrogen and oxygen atoms in total. The number of halogens is 1. The van der Waals surface area contributed by atoms with Crippen LogP contribution in [0.15, 0.2) is 65.1 Å². The number of rotatable bonds is 5. The van der Waals surface area contributed by atoms with Gasteiger partial charge in [0.1, 0.15) is 5.69 Å². The first-order valence-electron chi connectivity index (χ1n) is 9.82. The van der Waals surface area contributed by atoms with Crippen LogP contribution >= 0.6 is 15.9 Å². The van der Waals surface area contributed by atoms with Crippen molar-refractivity contribution < 1.29 is 9.59 Å². The zero-order valence-electron chi connectivity index (χ0n) is 16.7. The van der Waals surface area contributed by atoms with Crippen molar-refractivity contribution in [3.63, 3.8) is 0 Å². The summed E-state index contributed by atoms with van der Waals surface area (Å²) >= 11 is 3.49. The van der Waals surface area contributed by atoms with Crippen LogP contribution in [0.1, 0.15) is 16.1 Å². The number of hydrogen-bond acceptors (Lipinski definition) is 3. The Kier molecular flexibility index (Phi) is 5.90. The van der Waals surface area contributed by atoms with E-state index in [2.05, 4.69) is 31.5 Å². The summed E-state index contributed by atoms with van der Waals surface area (Å²) in [6, 6.07) is 19.8. The third-order valence-corrected chi connectivity index (χ3v) is 5.76. The fourth-order valence-corrected chi connectivity index (χ4v) is 4.03. The molecule has 3 aromatic rings. The van der Waals surface area contributed by atoms with E-state index in [0.29, 0.717) is 25.3 Å². The van der Waals surface area contributed by atoms with Crippen molar-refractivity contribution in [1.82, 2.24) is 15.2 Å². The number of carbonyl (C=O) groups is 2. The van der Waals surface area contributed by atoms with E-state index in [-0.39, 0.29) is 11.8 Å². The minimum absolute atomic E-state index is 0.0439. The summed E-state index contributed by atoms with van der Waals surface area (Å²) in [6.07, 6.45) is 0. The quantitative estimate of drug-likeness (QED) is 0.605. The normalized spacial score (nSPS) is 13.8. The summed E-state index contributed by atoms with van der Waals surface area (Å²) < 4.78 is 2.91. The minimum Gasteiger partial charge on any atom is -0.360 e. The zero-order chi connectivity index (χ0) is 21.1. The molecule has 2 heterocycles. The van der Waals surface area contributed by atoms with Gasteiger partial charge in [-0.2, -0.15) is 0 Å². The van der Waals surface area contributed by atoms with Crippen molar-refractivity contribution in [2.24, 2.45) is 7.05 Å². The third kappa shape index (κ3) is 4.41. The predicted molar refractivity (Wildman–Crippen MR) is 121 cm³/mol. The molecule has 30 heavy (non-hydrogen) atoms. The van der Waals surface area contributed by atoms with Crippen LogP contribution in [0.25, 0.3) is 11.3 Å². The standard InChI is InChI=1S/C23H23BrN4O2/c1-27-20(17-3-2-4-18(24)13-17)9-10-21(27)23(30)26-14-16-5-7-19(8-6-16)28-12-11-25-22(29)15-28/h2-10,13H,11-12,14-15H2,1H3,(H,25,29)(H,26,30). The molecule has 1 aliphatic rings. The summed E-state index contributed by atoms with van der Waals surface area (Å²) in [5, 5.41) is 5.82. The first-order valence-corrected chi connectivity index (χ1v) is 10.6. The summed E-state index contributed by atoms with van der Waals surface area (Å²) in [4.78, 5) is 26.3. The van der Waals surface area contributed by atoms with E-state index < -0.39 is 0 Å². The van der Waals surface area contributed by atoms with E-state index in [1.165, 1.54) is 0 Å².